The number of hydrogen-bond acceptors (Lipinski definition) is 1. The smallest absolute Gasteiger partial charge is 0.0431 e. The summed E-state index contributed by atoms with van der Waals surface area (Å²) >= 11 is 0. The number of pyridine rings is 1. The van der Waals surface area contributed by atoms with Gasteiger partial charge in [0, 0.05) is 11.9 Å². The Kier molecular flexibility index (Phi) is 6.46. The maximum atomic E-state index is 4.76. The molecule has 29 heavy (non-hydrogen) atoms. The maximum absolute atomic E-state index is 4.76. The van der Waals surface area contributed by atoms with Gasteiger partial charge in [-0.3, -0.25) is 4.98 Å². The summed E-state index contributed by atoms with van der Waals surface area (Å²) in [5.41, 5.74) is 5.54. The number of aromatic nitrogens is 1. The quantitative estimate of drug-likeness (QED) is 0.414. The third-order valence-electron chi connectivity index (χ3n) is 6.31. The summed E-state index contributed by atoms with van der Waals surface area (Å²) in [5.74, 6) is 1.62. The molecule has 0 radical (unpaired) electrons. The minimum Gasteiger partial charge on any atom is -0.261 e. The second-order valence-corrected chi connectivity index (χ2v) is 10.1. The van der Waals surface area contributed by atoms with E-state index in [1.165, 1.54) is 39.6 Å². The first-order valence-electron chi connectivity index (χ1n) is 11.1. The van der Waals surface area contributed by atoms with Crippen LogP contribution >= 0.6 is 0 Å². The van der Waals surface area contributed by atoms with E-state index in [4.69, 9.17) is 4.98 Å². The molecule has 154 valence electrons. The van der Waals surface area contributed by atoms with Crippen molar-refractivity contribution < 1.29 is 0 Å². The van der Waals surface area contributed by atoms with Crippen LogP contribution in [0.5, 0.6) is 0 Å². The zero-order valence-electron chi connectivity index (χ0n) is 19.3. The lowest BCUT2D eigenvalue weighted by molar-refractivity contribution is 0.560. The molecule has 1 aromatic heterocycles. The van der Waals surface area contributed by atoms with Crippen molar-refractivity contribution in [3.05, 3.63) is 77.1 Å². The zero-order chi connectivity index (χ0) is 21.2. The average Bonchev–Trinajstić information content (AvgIpc) is 2.70. The molecule has 0 aliphatic carbocycles. The molecule has 2 aromatic carbocycles. The van der Waals surface area contributed by atoms with Gasteiger partial charge in [-0.1, -0.05) is 90.9 Å². The fraction of sp³-hybridized carbons (Fsp3) is 0.464. The van der Waals surface area contributed by atoms with E-state index >= 15 is 0 Å². The fourth-order valence-electron chi connectivity index (χ4n) is 3.90. The van der Waals surface area contributed by atoms with Crippen molar-refractivity contribution in [2.75, 3.05) is 0 Å². The Morgan fingerprint density at radius 2 is 1.31 bits per heavy atom. The Morgan fingerprint density at radius 3 is 1.86 bits per heavy atom. The highest BCUT2D eigenvalue weighted by atomic mass is 14.7. The first kappa shape index (κ1) is 21.6. The zero-order valence-corrected chi connectivity index (χ0v) is 19.3. The summed E-state index contributed by atoms with van der Waals surface area (Å²) in [6, 6.07) is 18.4. The van der Waals surface area contributed by atoms with Gasteiger partial charge < -0.3 is 0 Å². The lowest BCUT2D eigenvalue weighted by Crippen LogP contribution is -2.12. The maximum Gasteiger partial charge on any atom is 0.0431 e. The van der Waals surface area contributed by atoms with Crippen LogP contribution < -0.4 is 0 Å². The molecule has 1 heterocycles. The van der Waals surface area contributed by atoms with Crippen molar-refractivity contribution in [1.82, 2.24) is 4.98 Å². The van der Waals surface area contributed by atoms with Crippen molar-refractivity contribution in [3.8, 4) is 0 Å². The van der Waals surface area contributed by atoms with Crippen molar-refractivity contribution in [3.63, 3.8) is 0 Å². The first-order valence-corrected chi connectivity index (χ1v) is 11.1. The number of nitrogens with zero attached hydrogens (tertiary/aromatic N) is 1. The Labute approximate surface area is 177 Å². The van der Waals surface area contributed by atoms with Gasteiger partial charge in [0.1, 0.15) is 0 Å². The molecule has 0 aliphatic rings. The third kappa shape index (κ3) is 5.26. The van der Waals surface area contributed by atoms with Gasteiger partial charge >= 0.3 is 0 Å². The van der Waals surface area contributed by atoms with Gasteiger partial charge in [0.05, 0.1) is 0 Å². The molecule has 0 unspecified atom stereocenters. The predicted molar refractivity (Wildman–Crippen MR) is 127 cm³/mol. The molecule has 0 fully saturated rings. The van der Waals surface area contributed by atoms with Gasteiger partial charge in [0.25, 0.3) is 0 Å². The highest BCUT2D eigenvalue weighted by molar-refractivity contribution is 5.84. The van der Waals surface area contributed by atoms with Gasteiger partial charge in [-0.05, 0) is 69.5 Å². The van der Waals surface area contributed by atoms with E-state index in [1.54, 1.807) is 0 Å². The molecule has 0 saturated carbocycles. The van der Waals surface area contributed by atoms with E-state index < -0.39 is 0 Å². The highest BCUT2D eigenvalue weighted by Crippen LogP contribution is 2.30. The van der Waals surface area contributed by atoms with E-state index in [0.717, 1.165) is 6.42 Å². The summed E-state index contributed by atoms with van der Waals surface area (Å²) in [7, 11) is 0. The van der Waals surface area contributed by atoms with Crippen LogP contribution in [0.3, 0.4) is 0 Å². The van der Waals surface area contributed by atoms with E-state index in [2.05, 4.69) is 103 Å². The molecule has 0 bridgehead atoms. The Bertz CT molecular complexity index is 944. The Morgan fingerprint density at radius 1 is 0.724 bits per heavy atom. The van der Waals surface area contributed by atoms with E-state index in [0.29, 0.717) is 17.8 Å². The van der Waals surface area contributed by atoms with Crippen molar-refractivity contribution in [1.29, 1.82) is 0 Å². The number of benzene rings is 2. The molecule has 3 rings (SSSR count). The molecule has 1 nitrogen and oxygen atoms in total. The Balaban J connectivity index is 1.65. The summed E-state index contributed by atoms with van der Waals surface area (Å²) in [4.78, 5) is 4.76. The van der Waals surface area contributed by atoms with Gasteiger partial charge in [-0.2, -0.15) is 0 Å². The molecule has 0 spiro atoms. The predicted octanol–water partition coefficient (Wildman–Crippen LogP) is 8.34. The van der Waals surface area contributed by atoms with Crippen molar-refractivity contribution >= 4 is 10.8 Å². The molecule has 0 saturated heterocycles. The number of fused-ring (bicyclic) bond motifs is 1. The monoisotopic (exact) mass is 387 g/mol. The fourth-order valence-corrected chi connectivity index (χ4v) is 3.90. The number of hydrogen-bond donors (Lipinski definition) is 0. The molecular formula is C28H37N. The number of rotatable bonds is 6. The molecule has 0 N–H and O–H groups in total. The van der Waals surface area contributed by atoms with Crippen LogP contribution in [0.2, 0.25) is 0 Å². The SMILES string of the molecule is CC(C)c1ccc2cc([C@H](C)CC[C@@H](C)c3ccc(C(C)(C)C)cn3)ccc2c1. The minimum atomic E-state index is 0.162. The first-order chi connectivity index (χ1) is 13.6. The molecule has 2 atom stereocenters. The lowest BCUT2D eigenvalue weighted by atomic mass is 9.87. The summed E-state index contributed by atoms with van der Waals surface area (Å²) in [6.07, 6.45) is 4.40. The van der Waals surface area contributed by atoms with Gasteiger partial charge in [-0.25, -0.2) is 0 Å². The summed E-state index contributed by atoms with van der Waals surface area (Å²) in [6.45, 7) is 15.9. The van der Waals surface area contributed by atoms with Crippen molar-refractivity contribution in [2.24, 2.45) is 0 Å². The van der Waals surface area contributed by atoms with Crippen LogP contribution in [0.15, 0.2) is 54.7 Å². The van der Waals surface area contributed by atoms with E-state index in [1.807, 2.05) is 0 Å². The largest absolute Gasteiger partial charge is 0.261 e. The van der Waals surface area contributed by atoms with Crippen LogP contribution in [0.25, 0.3) is 10.8 Å². The summed E-state index contributed by atoms with van der Waals surface area (Å²) < 4.78 is 0. The van der Waals surface area contributed by atoms with Gasteiger partial charge in [-0.15, -0.1) is 0 Å². The van der Waals surface area contributed by atoms with E-state index in [-0.39, 0.29) is 5.41 Å². The van der Waals surface area contributed by atoms with Crippen LogP contribution in [-0.4, -0.2) is 4.98 Å². The molecule has 0 aliphatic heterocycles. The van der Waals surface area contributed by atoms with Crippen LogP contribution in [0, 0.1) is 0 Å². The van der Waals surface area contributed by atoms with Crippen LogP contribution in [0.1, 0.15) is 101 Å². The minimum absolute atomic E-state index is 0.162. The average molecular weight is 388 g/mol. The van der Waals surface area contributed by atoms with Gasteiger partial charge in [0.2, 0.25) is 0 Å². The standard InChI is InChI=1S/C28H37N/c1-19(2)22-10-12-25-17-23(11-13-24(25)16-22)20(3)8-9-21(4)27-15-14-26(18-29-27)28(5,6)7/h10-21H,8-9H2,1-7H3/t20-,21-/m1/s1. The lowest BCUT2D eigenvalue weighted by Gasteiger charge is -2.20. The second kappa shape index (κ2) is 8.69. The molecule has 1 heteroatoms. The van der Waals surface area contributed by atoms with Crippen LogP contribution in [0.4, 0.5) is 0 Å². The van der Waals surface area contributed by atoms with Crippen molar-refractivity contribution in [2.45, 2.75) is 84.5 Å². The normalized spacial score (nSPS) is 14.3. The third-order valence-corrected chi connectivity index (χ3v) is 6.31. The summed E-state index contributed by atoms with van der Waals surface area (Å²) in [5, 5.41) is 2.70. The topological polar surface area (TPSA) is 12.9 Å². The molecular weight excluding hydrogens is 350 g/mol. The van der Waals surface area contributed by atoms with Gasteiger partial charge in [0.15, 0.2) is 0 Å². The highest BCUT2D eigenvalue weighted by Gasteiger charge is 2.16. The van der Waals surface area contributed by atoms with Crippen LogP contribution in [-0.2, 0) is 5.41 Å². The van der Waals surface area contributed by atoms with E-state index in [9.17, 15) is 0 Å². The Hall–Kier alpha value is -2.15. The molecule has 0 amide bonds. The second-order valence-electron chi connectivity index (χ2n) is 10.1. The molecule has 3 aromatic rings.